The molecule has 0 aliphatic carbocycles. The van der Waals surface area contributed by atoms with Gasteiger partial charge in [-0.05, 0) is 41.5 Å². The largest absolute Gasteiger partial charge is 0.416 e. The first-order valence-electron chi connectivity index (χ1n) is 7.18. The standard InChI is InChI=1S/C18H6F3N3O2S/c1-24-14(9-23)17-12-4-2-10(8-22)6-16(12)27(25,26)15-5-3-11(7-13(15)17)18(19,20)21/h2-7H/b17-14-. The van der Waals surface area contributed by atoms with Gasteiger partial charge in [0.25, 0.3) is 5.70 Å². The summed E-state index contributed by atoms with van der Waals surface area (Å²) < 4.78 is 65.1. The van der Waals surface area contributed by atoms with Crippen molar-refractivity contribution in [2.75, 3.05) is 0 Å². The summed E-state index contributed by atoms with van der Waals surface area (Å²) in [6, 6.07) is 8.98. The number of sulfone groups is 1. The Labute approximate surface area is 151 Å². The summed E-state index contributed by atoms with van der Waals surface area (Å²) in [5.41, 5.74) is -2.29. The van der Waals surface area contributed by atoms with E-state index in [1.807, 2.05) is 0 Å². The Morgan fingerprint density at radius 3 is 2.30 bits per heavy atom. The van der Waals surface area contributed by atoms with Gasteiger partial charge in [0.15, 0.2) is 0 Å². The number of hydrogen-bond acceptors (Lipinski definition) is 4. The van der Waals surface area contributed by atoms with E-state index < -0.39 is 32.2 Å². The van der Waals surface area contributed by atoms with E-state index in [0.717, 1.165) is 12.1 Å². The molecule has 0 N–H and O–H groups in total. The van der Waals surface area contributed by atoms with E-state index >= 15 is 0 Å². The van der Waals surface area contributed by atoms with Gasteiger partial charge in [-0.2, -0.15) is 18.4 Å². The fraction of sp³-hybridized carbons (Fsp3) is 0.0556. The Balaban J connectivity index is 2.52. The van der Waals surface area contributed by atoms with E-state index in [-0.39, 0.29) is 27.2 Å². The molecule has 0 spiro atoms. The smallest absolute Gasteiger partial charge is 0.226 e. The van der Waals surface area contributed by atoms with E-state index in [1.54, 1.807) is 12.1 Å². The van der Waals surface area contributed by atoms with Crippen molar-refractivity contribution in [2.24, 2.45) is 0 Å². The van der Waals surface area contributed by atoms with Crippen LogP contribution in [0.2, 0.25) is 0 Å². The molecule has 9 heteroatoms. The van der Waals surface area contributed by atoms with Crippen molar-refractivity contribution in [2.45, 2.75) is 16.0 Å². The van der Waals surface area contributed by atoms with Crippen LogP contribution in [-0.4, -0.2) is 8.42 Å². The molecular weight excluding hydrogens is 379 g/mol. The maximum absolute atomic E-state index is 13.1. The van der Waals surface area contributed by atoms with Crippen LogP contribution in [0, 0.1) is 29.2 Å². The number of benzene rings is 2. The van der Waals surface area contributed by atoms with Gasteiger partial charge in [0, 0.05) is 5.57 Å². The van der Waals surface area contributed by atoms with E-state index in [4.69, 9.17) is 11.8 Å². The molecule has 0 bridgehead atoms. The summed E-state index contributed by atoms with van der Waals surface area (Å²) in [5.74, 6) is 0. The summed E-state index contributed by atoms with van der Waals surface area (Å²) in [6.45, 7) is 7.15. The van der Waals surface area contributed by atoms with Crippen LogP contribution in [0.4, 0.5) is 13.2 Å². The zero-order valence-electron chi connectivity index (χ0n) is 13.2. The van der Waals surface area contributed by atoms with Crippen LogP contribution in [0.5, 0.6) is 0 Å². The Bertz CT molecular complexity index is 1240. The molecule has 1 aliphatic heterocycles. The maximum Gasteiger partial charge on any atom is 0.416 e. The van der Waals surface area contributed by atoms with Crippen LogP contribution in [0.25, 0.3) is 10.4 Å². The third-order valence-corrected chi connectivity index (χ3v) is 5.84. The number of nitriles is 2. The van der Waals surface area contributed by atoms with Crippen molar-refractivity contribution in [3.8, 4) is 12.1 Å². The number of hydrogen-bond donors (Lipinski definition) is 0. The zero-order chi connectivity index (χ0) is 20.0. The number of rotatable bonds is 0. The minimum atomic E-state index is -4.74. The first kappa shape index (κ1) is 18.2. The van der Waals surface area contributed by atoms with Crippen molar-refractivity contribution < 1.29 is 21.6 Å². The molecule has 132 valence electrons. The fourth-order valence-electron chi connectivity index (χ4n) is 2.81. The lowest BCUT2D eigenvalue weighted by molar-refractivity contribution is -0.137. The number of fused-ring (bicyclic) bond motifs is 2. The lowest BCUT2D eigenvalue weighted by Crippen LogP contribution is -2.17. The SMILES string of the molecule is [C-]#[N+]/C(C#N)=C1\c2cc(C(F)(F)F)ccc2S(=O)(=O)c2cc(C#N)ccc21. The third-order valence-electron chi connectivity index (χ3n) is 3.99. The molecule has 27 heavy (non-hydrogen) atoms. The topological polar surface area (TPSA) is 86.1 Å². The molecule has 0 atom stereocenters. The van der Waals surface area contributed by atoms with Gasteiger partial charge >= 0.3 is 6.18 Å². The number of allylic oxidation sites excluding steroid dienone is 1. The van der Waals surface area contributed by atoms with E-state index in [0.29, 0.717) is 12.1 Å². The van der Waals surface area contributed by atoms with Gasteiger partial charge in [-0.1, -0.05) is 6.07 Å². The average Bonchev–Trinajstić information content (AvgIpc) is 2.63. The Morgan fingerprint density at radius 1 is 1.04 bits per heavy atom. The van der Waals surface area contributed by atoms with Crippen molar-refractivity contribution in [3.05, 3.63) is 75.8 Å². The number of halogens is 3. The van der Waals surface area contributed by atoms with Crippen molar-refractivity contribution in [1.29, 1.82) is 10.5 Å². The summed E-state index contributed by atoms with van der Waals surface area (Å²) in [6.07, 6.45) is -4.74. The van der Waals surface area contributed by atoms with E-state index in [2.05, 4.69) is 4.85 Å². The summed E-state index contributed by atoms with van der Waals surface area (Å²) >= 11 is 0. The monoisotopic (exact) mass is 385 g/mol. The van der Waals surface area contributed by atoms with Gasteiger partial charge in [-0.3, -0.25) is 0 Å². The van der Waals surface area contributed by atoms with Gasteiger partial charge in [0.1, 0.15) is 0 Å². The second kappa shape index (κ2) is 5.98. The van der Waals surface area contributed by atoms with Crippen LogP contribution < -0.4 is 0 Å². The molecule has 0 aromatic heterocycles. The third kappa shape index (κ3) is 2.73. The molecule has 0 amide bonds. The van der Waals surface area contributed by atoms with Crippen LogP contribution in [0.1, 0.15) is 22.3 Å². The van der Waals surface area contributed by atoms with E-state index in [9.17, 15) is 26.9 Å². The van der Waals surface area contributed by atoms with Crippen LogP contribution in [0.3, 0.4) is 0 Å². The van der Waals surface area contributed by atoms with Crippen LogP contribution >= 0.6 is 0 Å². The lowest BCUT2D eigenvalue weighted by Gasteiger charge is -2.24. The highest BCUT2D eigenvalue weighted by Gasteiger charge is 2.38. The lowest BCUT2D eigenvalue weighted by atomic mass is 9.93. The molecule has 0 unspecified atom stereocenters. The molecule has 0 fully saturated rings. The summed E-state index contributed by atoms with van der Waals surface area (Å²) in [4.78, 5) is 2.25. The Morgan fingerprint density at radius 2 is 1.74 bits per heavy atom. The highest BCUT2D eigenvalue weighted by molar-refractivity contribution is 7.91. The van der Waals surface area contributed by atoms with Crippen molar-refractivity contribution in [1.82, 2.24) is 0 Å². The van der Waals surface area contributed by atoms with Gasteiger partial charge in [0.2, 0.25) is 9.84 Å². The van der Waals surface area contributed by atoms with Gasteiger partial charge < -0.3 is 0 Å². The number of nitrogens with zero attached hydrogens (tertiary/aromatic N) is 3. The second-order valence-electron chi connectivity index (χ2n) is 5.48. The maximum atomic E-state index is 13.1. The summed E-state index contributed by atoms with van der Waals surface area (Å²) in [5, 5.41) is 18.3. The first-order valence-corrected chi connectivity index (χ1v) is 8.66. The molecule has 0 saturated carbocycles. The van der Waals surface area contributed by atoms with Gasteiger partial charge in [0.05, 0.1) is 39.6 Å². The normalized spacial score (nSPS) is 16.1. The molecule has 2 aromatic rings. The second-order valence-corrected chi connectivity index (χ2v) is 7.37. The molecular formula is C18H6F3N3O2S. The average molecular weight is 385 g/mol. The minimum absolute atomic E-state index is 0.0216. The van der Waals surface area contributed by atoms with Crippen LogP contribution in [0.15, 0.2) is 51.9 Å². The highest BCUT2D eigenvalue weighted by atomic mass is 32.2. The summed E-state index contributed by atoms with van der Waals surface area (Å²) in [7, 11) is -4.24. The number of alkyl halides is 3. The quantitative estimate of drug-likeness (QED) is 0.433. The van der Waals surface area contributed by atoms with Crippen molar-refractivity contribution >= 4 is 15.4 Å². The molecule has 1 aliphatic rings. The van der Waals surface area contributed by atoms with Crippen molar-refractivity contribution in [3.63, 3.8) is 0 Å². The molecule has 0 saturated heterocycles. The molecule has 1 heterocycles. The molecule has 3 rings (SSSR count). The minimum Gasteiger partial charge on any atom is -0.226 e. The predicted molar refractivity (Wildman–Crippen MR) is 86.3 cm³/mol. The molecule has 2 aromatic carbocycles. The van der Waals surface area contributed by atoms with Gasteiger partial charge in [-0.15, -0.1) is 0 Å². The zero-order valence-corrected chi connectivity index (χ0v) is 14.0. The predicted octanol–water partition coefficient (Wildman–Crippen LogP) is 3.93. The molecule has 5 nitrogen and oxygen atoms in total. The fourth-order valence-corrected chi connectivity index (χ4v) is 4.49. The first-order chi connectivity index (χ1) is 12.6. The van der Waals surface area contributed by atoms with E-state index in [1.165, 1.54) is 12.1 Å². The molecule has 0 radical (unpaired) electrons. The van der Waals surface area contributed by atoms with Gasteiger partial charge in [-0.25, -0.2) is 18.5 Å². The Hall–Kier alpha value is -3.61. The Kier molecular flexibility index (Phi) is 4.03. The highest BCUT2D eigenvalue weighted by Crippen LogP contribution is 2.45. The van der Waals surface area contributed by atoms with Crippen LogP contribution in [-0.2, 0) is 16.0 Å².